The number of rotatable bonds is 3. The van der Waals surface area contributed by atoms with Gasteiger partial charge in [-0.2, -0.15) is 0 Å². The molecule has 2 heteroatoms. The van der Waals surface area contributed by atoms with Crippen LogP contribution in [0.4, 0.5) is 0 Å². The van der Waals surface area contributed by atoms with E-state index in [2.05, 4.69) is 18.3 Å². The Morgan fingerprint density at radius 1 is 1.57 bits per heavy atom. The summed E-state index contributed by atoms with van der Waals surface area (Å²) in [5, 5.41) is 2.92. The lowest BCUT2D eigenvalue weighted by Crippen LogP contribution is -2.31. The number of amides is 1. The van der Waals surface area contributed by atoms with Crippen molar-refractivity contribution in [3.05, 3.63) is 23.3 Å². The molecule has 1 aliphatic carbocycles. The van der Waals surface area contributed by atoms with Crippen LogP contribution >= 0.6 is 0 Å². The monoisotopic (exact) mass is 193 g/mol. The third-order valence-electron chi connectivity index (χ3n) is 2.30. The van der Waals surface area contributed by atoms with E-state index in [1.807, 2.05) is 19.9 Å². The normalized spacial score (nSPS) is 16.3. The van der Waals surface area contributed by atoms with Crippen molar-refractivity contribution < 1.29 is 4.79 Å². The number of carbonyl (C=O) groups is 1. The zero-order valence-corrected chi connectivity index (χ0v) is 9.26. The number of hydrogen-bond donors (Lipinski definition) is 1. The highest BCUT2D eigenvalue weighted by Gasteiger charge is 2.12. The van der Waals surface area contributed by atoms with E-state index in [1.165, 1.54) is 5.57 Å². The lowest BCUT2D eigenvalue weighted by molar-refractivity contribution is -0.118. The standard InChI is InChI=1S/C12H19NO/c1-4-10-6-5-7-11(8-10)12(14)13-9(2)3/h6,8-9H,4-5,7H2,1-3H3,(H,13,14). The van der Waals surface area contributed by atoms with Crippen molar-refractivity contribution in [3.63, 3.8) is 0 Å². The maximum Gasteiger partial charge on any atom is 0.247 e. The molecule has 78 valence electrons. The quantitative estimate of drug-likeness (QED) is 0.733. The molecule has 0 aromatic rings. The van der Waals surface area contributed by atoms with E-state index < -0.39 is 0 Å². The van der Waals surface area contributed by atoms with Crippen molar-refractivity contribution in [2.24, 2.45) is 0 Å². The molecule has 1 N–H and O–H groups in total. The van der Waals surface area contributed by atoms with Gasteiger partial charge in [0.2, 0.25) is 5.91 Å². The van der Waals surface area contributed by atoms with Crippen LogP contribution in [0.25, 0.3) is 0 Å². The predicted octanol–water partition coefficient (Wildman–Crippen LogP) is 2.57. The highest BCUT2D eigenvalue weighted by molar-refractivity contribution is 5.94. The van der Waals surface area contributed by atoms with Gasteiger partial charge in [0.1, 0.15) is 0 Å². The Balaban J connectivity index is 2.64. The van der Waals surface area contributed by atoms with Crippen LogP contribution in [0.2, 0.25) is 0 Å². The molecule has 0 bridgehead atoms. The Bertz CT molecular complexity index is 274. The van der Waals surface area contributed by atoms with Crippen LogP contribution in [-0.4, -0.2) is 11.9 Å². The lowest BCUT2D eigenvalue weighted by atomic mass is 9.97. The largest absolute Gasteiger partial charge is 0.350 e. The summed E-state index contributed by atoms with van der Waals surface area (Å²) in [4.78, 5) is 11.7. The molecule has 0 heterocycles. The molecule has 0 radical (unpaired) electrons. The zero-order valence-electron chi connectivity index (χ0n) is 9.26. The van der Waals surface area contributed by atoms with Crippen molar-refractivity contribution in [3.8, 4) is 0 Å². The summed E-state index contributed by atoms with van der Waals surface area (Å²) in [6, 6.07) is 0.222. The third-order valence-corrected chi connectivity index (χ3v) is 2.30. The maximum absolute atomic E-state index is 11.7. The van der Waals surface area contributed by atoms with Gasteiger partial charge in [-0.25, -0.2) is 0 Å². The van der Waals surface area contributed by atoms with Crippen LogP contribution in [0, 0.1) is 0 Å². The van der Waals surface area contributed by atoms with E-state index in [4.69, 9.17) is 0 Å². The van der Waals surface area contributed by atoms with E-state index in [1.54, 1.807) is 0 Å². The first-order valence-electron chi connectivity index (χ1n) is 5.34. The van der Waals surface area contributed by atoms with Gasteiger partial charge in [0.25, 0.3) is 0 Å². The molecule has 0 aliphatic heterocycles. The molecule has 0 spiro atoms. The number of allylic oxidation sites excluding steroid dienone is 3. The maximum atomic E-state index is 11.7. The van der Waals surface area contributed by atoms with Crippen molar-refractivity contribution in [1.82, 2.24) is 5.32 Å². The summed E-state index contributed by atoms with van der Waals surface area (Å²) in [7, 11) is 0. The summed E-state index contributed by atoms with van der Waals surface area (Å²) in [6.07, 6.45) is 7.13. The minimum atomic E-state index is 0.0963. The van der Waals surface area contributed by atoms with E-state index in [-0.39, 0.29) is 11.9 Å². The van der Waals surface area contributed by atoms with E-state index in [0.29, 0.717) is 0 Å². The number of carbonyl (C=O) groups excluding carboxylic acids is 1. The van der Waals surface area contributed by atoms with Crippen LogP contribution in [0.5, 0.6) is 0 Å². The van der Waals surface area contributed by atoms with Crippen molar-refractivity contribution >= 4 is 5.91 Å². The summed E-state index contributed by atoms with van der Waals surface area (Å²) in [5.74, 6) is 0.0963. The first-order chi connectivity index (χ1) is 6.63. The predicted molar refractivity (Wildman–Crippen MR) is 59.0 cm³/mol. The first kappa shape index (κ1) is 11.0. The Labute approximate surface area is 86.1 Å². The summed E-state index contributed by atoms with van der Waals surface area (Å²) < 4.78 is 0. The van der Waals surface area contributed by atoms with Gasteiger partial charge in [-0.1, -0.05) is 24.6 Å². The van der Waals surface area contributed by atoms with Crippen LogP contribution in [0.3, 0.4) is 0 Å². The van der Waals surface area contributed by atoms with Gasteiger partial charge in [0, 0.05) is 11.6 Å². The highest BCUT2D eigenvalue weighted by Crippen LogP contribution is 2.19. The molecule has 2 nitrogen and oxygen atoms in total. The molecule has 1 rings (SSSR count). The van der Waals surface area contributed by atoms with E-state index in [9.17, 15) is 4.79 Å². The number of hydrogen-bond acceptors (Lipinski definition) is 1. The van der Waals surface area contributed by atoms with Crippen molar-refractivity contribution in [2.45, 2.75) is 46.1 Å². The Morgan fingerprint density at radius 2 is 2.29 bits per heavy atom. The second-order valence-corrected chi connectivity index (χ2v) is 3.97. The molecule has 0 atom stereocenters. The minimum absolute atomic E-state index is 0.0963. The summed E-state index contributed by atoms with van der Waals surface area (Å²) >= 11 is 0. The van der Waals surface area contributed by atoms with Gasteiger partial charge < -0.3 is 5.32 Å². The molecule has 0 saturated heterocycles. The van der Waals surface area contributed by atoms with Crippen molar-refractivity contribution in [1.29, 1.82) is 0 Å². The third kappa shape index (κ3) is 3.02. The zero-order chi connectivity index (χ0) is 10.6. The molecule has 0 unspecified atom stereocenters. The highest BCUT2D eigenvalue weighted by atomic mass is 16.1. The van der Waals surface area contributed by atoms with Crippen molar-refractivity contribution in [2.75, 3.05) is 0 Å². The Kier molecular flexibility index (Phi) is 3.93. The molecule has 0 aromatic carbocycles. The fourth-order valence-corrected chi connectivity index (χ4v) is 1.55. The lowest BCUT2D eigenvalue weighted by Gasteiger charge is -2.14. The topological polar surface area (TPSA) is 29.1 Å². The van der Waals surface area contributed by atoms with E-state index >= 15 is 0 Å². The average Bonchev–Trinajstić information content (AvgIpc) is 2.17. The van der Waals surface area contributed by atoms with Gasteiger partial charge in [0.05, 0.1) is 0 Å². The summed E-state index contributed by atoms with van der Waals surface area (Å²) in [5.41, 5.74) is 2.21. The molecule has 0 fully saturated rings. The van der Waals surface area contributed by atoms with Crippen LogP contribution in [0.1, 0.15) is 40.0 Å². The molecular weight excluding hydrogens is 174 g/mol. The van der Waals surface area contributed by atoms with Crippen LogP contribution < -0.4 is 5.32 Å². The second-order valence-electron chi connectivity index (χ2n) is 3.97. The smallest absolute Gasteiger partial charge is 0.247 e. The van der Waals surface area contributed by atoms with Crippen LogP contribution in [0.15, 0.2) is 23.3 Å². The molecule has 1 amide bonds. The van der Waals surface area contributed by atoms with Gasteiger partial charge >= 0.3 is 0 Å². The molecular formula is C12H19NO. The minimum Gasteiger partial charge on any atom is -0.350 e. The average molecular weight is 193 g/mol. The first-order valence-corrected chi connectivity index (χ1v) is 5.34. The van der Waals surface area contributed by atoms with Gasteiger partial charge in [-0.05, 0) is 33.1 Å². The molecule has 0 saturated carbocycles. The Hall–Kier alpha value is -1.05. The second kappa shape index (κ2) is 4.99. The molecule has 14 heavy (non-hydrogen) atoms. The molecule has 0 aromatic heterocycles. The molecule has 1 aliphatic rings. The van der Waals surface area contributed by atoms with E-state index in [0.717, 1.165) is 24.8 Å². The van der Waals surface area contributed by atoms with Gasteiger partial charge in [-0.15, -0.1) is 0 Å². The van der Waals surface area contributed by atoms with Gasteiger partial charge in [-0.3, -0.25) is 4.79 Å². The van der Waals surface area contributed by atoms with Gasteiger partial charge in [0.15, 0.2) is 0 Å². The SMILES string of the molecule is CCC1=CCCC(C(=O)NC(C)C)=C1. The number of nitrogens with one attached hydrogen (secondary N) is 1. The Morgan fingerprint density at radius 3 is 2.86 bits per heavy atom. The summed E-state index contributed by atoms with van der Waals surface area (Å²) in [6.45, 7) is 6.08. The fraction of sp³-hybridized carbons (Fsp3) is 0.583. The fourth-order valence-electron chi connectivity index (χ4n) is 1.55. The van der Waals surface area contributed by atoms with Crippen LogP contribution in [-0.2, 0) is 4.79 Å².